The van der Waals surface area contributed by atoms with Crippen LogP contribution in [0.2, 0.25) is 0 Å². The van der Waals surface area contributed by atoms with Gasteiger partial charge in [0.1, 0.15) is 6.10 Å². The second-order valence-electron chi connectivity index (χ2n) is 7.01. The molecule has 1 aliphatic rings. The number of aromatic nitrogens is 2. The largest absolute Gasteiger partial charge is 0.460 e. The van der Waals surface area contributed by atoms with E-state index in [9.17, 15) is 4.79 Å². The Morgan fingerprint density at radius 2 is 1.85 bits per heavy atom. The van der Waals surface area contributed by atoms with E-state index in [4.69, 9.17) is 4.74 Å². The number of benzene rings is 1. The van der Waals surface area contributed by atoms with Gasteiger partial charge in [-0.05, 0) is 56.7 Å². The van der Waals surface area contributed by atoms with Crippen molar-refractivity contribution in [1.82, 2.24) is 15.3 Å². The Morgan fingerprint density at radius 1 is 1.19 bits per heavy atom. The molecule has 1 aromatic carbocycles. The number of ether oxygens (including phenoxy) is 1. The van der Waals surface area contributed by atoms with Gasteiger partial charge in [0.25, 0.3) is 0 Å². The normalized spacial score (nSPS) is 14.4. The smallest absolute Gasteiger partial charge is 0.316 e. The zero-order valence-electron chi connectivity index (χ0n) is 15.9. The number of rotatable bonds is 6. The second-order valence-corrected chi connectivity index (χ2v) is 7.01. The Morgan fingerprint density at radius 3 is 2.44 bits per heavy atom. The molecule has 3 rings (SSSR count). The van der Waals surface area contributed by atoms with Crippen molar-refractivity contribution in [1.29, 1.82) is 0 Å². The molecule has 27 heavy (non-hydrogen) atoms. The fourth-order valence-corrected chi connectivity index (χ4v) is 2.78. The monoisotopic (exact) mass is 363 g/mol. The molecule has 2 aromatic rings. The van der Waals surface area contributed by atoms with Crippen molar-refractivity contribution >= 4 is 5.91 Å². The summed E-state index contributed by atoms with van der Waals surface area (Å²) in [4.78, 5) is 19.5. The van der Waals surface area contributed by atoms with Gasteiger partial charge in [-0.25, -0.2) is 9.97 Å². The van der Waals surface area contributed by atoms with Crippen LogP contribution in [0, 0.1) is 11.8 Å². The minimum atomic E-state index is 0.0136. The number of nitrogens with zero attached hydrogens (tertiary/aromatic N) is 2. The fourth-order valence-electron chi connectivity index (χ4n) is 2.78. The van der Waals surface area contributed by atoms with Crippen LogP contribution in [0.3, 0.4) is 0 Å². The number of carbonyl (C=O) groups is 1. The minimum Gasteiger partial charge on any atom is -0.460 e. The molecule has 1 amide bonds. The molecule has 1 saturated carbocycles. The van der Waals surface area contributed by atoms with E-state index in [1.165, 1.54) is 12.0 Å². The van der Waals surface area contributed by atoms with Gasteiger partial charge in [-0.3, -0.25) is 4.79 Å². The zero-order valence-corrected chi connectivity index (χ0v) is 15.9. The van der Waals surface area contributed by atoms with Crippen LogP contribution in [0.15, 0.2) is 36.7 Å². The third kappa shape index (κ3) is 6.10. The summed E-state index contributed by atoms with van der Waals surface area (Å²) >= 11 is 0. The second kappa shape index (κ2) is 9.18. The van der Waals surface area contributed by atoms with Gasteiger partial charge in [0, 0.05) is 30.9 Å². The summed E-state index contributed by atoms with van der Waals surface area (Å²) in [7, 11) is 0. The maximum Gasteiger partial charge on any atom is 0.316 e. The molecule has 140 valence electrons. The van der Waals surface area contributed by atoms with Crippen LogP contribution in [0.4, 0.5) is 0 Å². The number of aryl methyl sites for hydroxylation is 1. The number of carbonyl (C=O) groups excluding carboxylic acids is 1. The highest BCUT2D eigenvalue weighted by Crippen LogP contribution is 2.22. The summed E-state index contributed by atoms with van der Waals surface area (Å²) in [5, 5.41) is 2.90. The Balaban J connectivity index is 1.51. The first-order valence-electron chi connectivity index (χ1n) is 9.45. The Labute approximate surface area is 160 Å². The van der Waals surface area contributed by atoms with Gasteiger partial charge in [-0.2, -0.15) is 0 Å². The summed E-state index contributed by atoms with van der Waals surface area (Å²) < 4.78 is 5.65. The molecular weight excluding hydrogens is 338 g/mol. The lowest BCUT2D eigenvalue weighted by Crippen LogP contribution is -2.30. The van der Waals surface area contributed by atoms with E-state index in [1.807, 2.05) is 19.1 Å². The van der Waals surface area contributed by atoms with Crippen LogP contribution in [-0.4, -0.2) is 28.0 Å². The molecule has 0 spiro atoms. The predicted octanol–water partition coefficient (Wildman–Crippen LogP) is 3.26. The molecule has 1 aromatic heterocycles. The predicted molar refractivity (Wildman–Crippen MR) is 104 cm³/mol. The minimum absolute atomic E-state index is 0.0136. The average Bonchev–Trinajstić information content (AvgIpc) is 2.62. The Hall–Kier alpha value is -2.87. The molecule has 0 saturated heterocycles. The van der Waals surface area contributed by atoms with Gasteiger partial charge in [-0.15, -0.1) is 0 Å². The van der Waals surface area contributed by atoms with E-state index in [-0.39, 0.29) is 18.1 Å². The molecule has 1 aliphatic carbocycles. The topological polar surface area (TPSA) is 64.1 Å². The molecule has 0 aliphatic heterocycles. The maximum absolute atomic E-state index is 11.0. The van der Waals surface area contributed by atoms with Gasteiger partial charge in [0.05, 0.1) is 5.56 Å². The van der Waals surface area contributed by atoms with Gasteiger partial charge in [0.15, 0.2) is 0 Å². The van der Waals surface area contributed by atoms with Crippen molar-refractivity contribution in [3.63, 3.8) is 0 Å². The summed E-state index contributed by atoms with van der Waals surface area (Å²) in [5.74, 6) is 6.23. The Bertz CT molecular complexity index is 815. The van der Waals surface area contributed by atoms with Crippen LogP contribution in [0.5, 0.6) is 6.01 Å². The van der Waals surface area contributed by atoms with Crippen LogP contribution >= 0.6 is 0 Å². The standard InChI is InChI=1S/C22H25N3O2/c1-16(25-17(2)26)6-7-18-8-10-19(11-9-18)12-13-20-14-23-22(24-15-20)27-21-4-3-5-21/h8-11,14-16,21H,3-7H2,1-2H3,(H,25,26). The average molecular weight is 363 g/mol. The molecule has 1 unspecified atom stereocenters. The number of hydrogen-bond donors (Lipinski definition) is 1. The van der Waals surface area contributed by atoms with E-state index < -0.39 is 0 Å². The molecule has 5 heteroatoms. The zero-order chi connectivity index (χ0) is 19.1. The molecule has 5 nitrogen and oxygen atoms in total. The molecular formula is C22H25N3O2. The van der Waals surface area contributed by atoms with E-state index >= 15 is 0 Å². The van der Waals surface area contributed by atoms with Crippen molar-refractivity contribution < 1.29 is 9.53 Å². The molecule has 1 heterocycles. The summed E-state index contributed by atoms with van der Waals surface area (Å²) in [6.45, 7) is 3.57. The third-order valence-electron chi connectivity index (χ3n) is 4.57. The fraction of sp³-hybridized carbons (Fsp3) is 0.409. The van der Waals surface area contributed by atoms with E-state index in [0.29, 0.717) is 6.01 Å². The third-order valence-corrected chi connectivity index (χ3v) is 4.57. The molecule has 1 atom stereocenters. The SMILES string of the molecule is CC(=O)NC(C)CCc1ccc(C#Cc2cnc(OC3CCC3)nc2)cc1. The van der Waals surface area contributed by atoms with Gasteiger partial charge < -0.3 is 10.1 Å². The lowest BCUT2D eigenvalue weighted by Gasteiger charge is -2.24. The molecule has 1 fully saturated rings. The first-order chi connectivity index (χ1) is 13.1. The van der Waals surface area contributed by atoms with Crippen LogP contribution < -0.4 is 10.1 Å². The van der Waals surface area contributed by atoms with E-state index in [0.717, 1.165) is 36.8 Å². The first kappa shape index (κ1) is 18.9. The van der Waals surface area contributed by atoms with Crippen LogP contribution in [-0.2, 0) is 11.2 Å². The van der Waals surface area contributed by atoms with Crippen molar-refractivity contribution in [2.24, 2.45) is 0 Å². The number of amides is 1. The summed E-state index contributed by atoms with van der Waals surface area (Å²) in [6.07, 6.45) is 8.92. The Kier molecular flexibility index (Phi) is 6.43. The summed E-state index contributed by atoms with van der Waals surface area (Å²) in [5.41, 5.74) is 2.95. The highest BCUT2D eigenvalue weighted by atomic mass is 16.5. The number of nitrogens with one attached hydrogen (secondary N) is 1. The maximum atomic E-state index is 11.0. The molecule has 0 radical (unpaired) electrons. The lowest BCUT2D eigenvalue weighted by molar-refractivity contribution is -0.119. The first-order valence-corrected chi connectivity index (χ1v) is 9.45. The highest BCUT2D eigenvalue weighted by molar-refractivity contribution is 5.73. The number of hydrogen-bond acceptors (Lipinski definition) is 4. The van der Waals surface area contributed by atoms with Gasteiger partial charge in [0.2, 0.25) is 5.91 Å². The highest BCUT2D eigenvalue weighted by Gasteiger charge is 2.19. The van der Waals surface area contributed by atoms with E-state index in [1.54, 1.807) is 19.3 Å². The summed E-state index contributed by atoms with van der Waals surface area (Å²) in [6, 6.07) is 8.80. The molecule has 1 N–H and O–H groups in total. The van der Waals surface area contributed by atoms with Crippen LogP contribution in [0.1, 0.15) is 56.2 Å². The van der Waals surface area contributed by atoms with Crippen molar-refractivity contribution in [3.8, 4) is 17.9 Å². The van der Waals surface area contributed by atoms with Gasteiger partial charge >= 0.3 is 6.01 Å². The van der Waals surface area contributed by atoms with Crippen LogP contribution in [0.25, 0.3) is 0 Å². The van der Waals surface area contributed by atoms with Crippen molar-refractivity contribution in [2.45, 2.75) is 58.1 Å². The van der Waals surface area contributed by atoms with E-state index in [2.05, 4.69) is 39.3 Å². The van der Waals surface area contributed by atoms with Crippen molar-refractivity contribution in [3.05, 3.63) is 53.3 Å². The van der Waals surface area contributed by atoms with Crippen molar-refractivity contribution in [2.75, 3.05) is 0 Å². The quantitative estimate of drug-likeness (QED) is 0.800. The van der Waals surface area contributed by atoms with Gasteiger partial charge in [-0.1, -0.05) is 24.0 Å². The molecule has 0 bridgehead atoms. The lowest BCUT2D eigenvalue weighted by atomic mass is 9.96.